The highest BCUT2D eigenvalue weighted by Crippen LogP contribution is 2.23. The summed E-state index contributed by atoms with van der Waals surface area (Å²) in [7, 11) is -2.88. The predicted molar refractivity (Wildman–Crippen MR) is 130 cm³/mol. The van der Waals surface area contributed by atoms with Gasteiger partial charge in [0, 0.05) is 51.2 Å². The minimum absolute atomic E-state index is 0.0980. The highest BCUT2D eigenvalue weighted by atomic mass is 35.5. The third kappa shape index (κ3) is 9.07. The van der Waals surface area contributed by atoms with Gasteiger partial charge in [0.15, 0.2) is 0 Å². The highest BCUT2D eigenvalue weighted by molar-refractivity contribution is 7.90. The van der Waals surface area contributed by atoms with Crippen LogP contribution in [0, 0.1) is 0 Å². The second-order valence-electron chi connectivity index (χ2n) is 7.08. The maximum atomic E-state index is 12.7. The van der Waals surface area contributed by atoms with Gasteiger partial charge in [0.25, 0.3) is 21.8 Å². The number of hydrogen-bond donors (Lipinski definition) is 3. The molecule has 0 radical (unpaired) electrons. The molecule has 0 aliphatic carbocycles. The van der Waals surface area contributed by atoms with Gasteiger partial charge in [-0.3, -0.25) is 9.59 Å². The Bertz CT molecular complexity index is 1160. The number of rotatable bonds is 13. The lowest BCUT2D eigenvalue weighted by Crippen LogP contribution is -2.31. The molecule has 0 spiro atoms. The number of halogens is 1. The fraction of sp³-hybridized carbons (Fsp3) is 0.364. The summed E-state index contributed by atoms with van der Waals surface area (Å²) in [6.07, 6.45) is 0.898. The first kappa shape index (κ1) is 29.0. The summed E-state index contributed by atoms with van der Waals surface area (Å²) in [4.78, 5) is 39.7. The Morgan fingerprint density at radius 3 is 2.39 bits per heavy atom. The van der Waals surface area contributed by atoms with Gasteiger partial charge in [-0.2, -0.15) is 0 Å². The molecule has 0 bridgehead atoms. The number of carbonyl (C=O) groups excluding carboxylic acids is 3. The number of nitrogens with zero attached hydrogens (tertiary/aromatic N) is 1. The minimum atomic E-state index is -4.36. The van der Waals surface area contributed by atoms with E-state index in [1.165, 1.54) is 31.4 Å². The Labute approximate surface area is 213 Å². The van der Waals surface area contributed by atoms with Crippen molar-refractivity contribution in [3.8, 4) is 5.88 Å². The Morgan fingerprint density at radius 1 is 1.00 bits per heavy atom. The molecule has 36 heavy (non-hydrogen) atoms. The second kappa shape index (κ2) is 14.3. The summed E-state index contributed by atoms with van der Waals surface area (Å²) in [5, 5.41) is 4.87. The molecule has 3 amide bonds. The molecular weight excluding hydrogens is 516 g/mol. The van der Waals surface area contributed by atoms with E-state index in [4.69, 9.17) is 25.8 Å². The largest absolute Gasteiger partial charge is 0.414 e. The third-order valence-electron chi connectivity index (χ3n) is 4.44. The van der Waals surface area contributed by atoms with Crippen LogP contribution in [0.5, 0.6) is 5.88 Å². The summed E-state index contributed by atoms with van der Waals surface area (Å²) in [6.45, 7) is 3.87. The van der Waals surface area contributed by atoms with Crippen LogP contribution in [-0.2, 0) is 19.5 Å². The Morgan fingerprint density at radius 2 is 1.75 bits per heavy atom. The first-order valence-corrected chi connectivity index (χ1v) is 12.7. The van der Waals surface area contributed by atoms with E-state index in [9.17, 15) is 22.8 Å². The molecule has 1 aromatic carbocycles. The summed E-state index contributed by atoms with van der Waals surface area (Å²) in [6, 6.07) is 6.07. The molecule has 0 saturated carbocycles. The van der Waals surface area contributed by atoms with Gasteiger partial charge in [0.05, 0.1) is 17.2 Å². The van der Waals surface area contributed by atoms with Crippen LogP contribution in [0.2, 0.25) is 5.02 Å². The highest BCUT2D eigenvalue weighted by Gasteiger charge is 2.23. The first-order chi connectivity index (χ1) is 17.2. The molecular formula is C22H27ClN4O8S. The zero-order chi connectivity index (χ0) is 26.6. The van der Waals surface area contributed by atoms with Crippen molar-refractivity contribution in [2.45, 2.75) is 18.2 Å². The SMILES string of the molecule is CCOCCCNC(=O)c1ccc(S(=O)(=O)NC(=O)c2ccc(OC(=O)NCCOC)nc2)c(Cl)c1. The molecule has 0 atom stereocenters. The molecule has 3 N–H and O–H groups in total. The van der Waals surface area contributed by atoms with Gasteiger partial charge in [-0.25, -0.2) is 22.9 Å². The van der Waals surface area contributed by atoms with E-state index in [1.807, 2.05) is 11.6 Å². The van der Waals surface area contributed by atoms with E-state index in [-0.39, 0.29) is 33.5 Å². The van der Waals surface area contributed by atoms with E-state index in [1.54, 1.807) is 0 Å². The van der Waals surface area contributed by atoms with Crippen molar-refractivity contribution >= 4 is 39.5 Å². The van der Waals surface area contributed by atoms with Crippen molar-refractivity contribution in [1.82, 2.24) is 20.3 Å². The number of pyridine rings is 1. The average Bonchev–Trinajstić information content (AvgIpc) is 2.83. The van der Waals surface area contributed by atoms with Crippen molar-refractivity contribution in [1.29, 1.82) is 0 Å². The summed E-state index contributed by atoms with van der Waals surface area (Å²) in [5.74, 6) is -1.51. The van der Waals surface area contributed by atoms with E-state index in [0.717, 1.165) is 12.3 Å². The van der Waals surface area contributed by atoms with Gasteiger partial charge in [-0.05, 0) is 37.6 Å². The van der Waals surface area contributed by atoms with Crippen LogP contribution in [0.25, 0.3) is 0 Å². The van der Waals surface area contributed by atoms with Gasteiger partial charge in [0.2, 0.25) is 5.88 Å². The zero-order valence-electron chi connectivity index (χ0n) is 19.7. The lowest BCUT2D eigenvalue weighted by Gasteiger charge is -2.11. The number of ether oxygens (including phenoxy) is 3. The smallest absolute Gasteiger partial charge is 0.391 e. The maximum Gasteiger partial charge on any atom is 0.414 e. The van der Waals surface area contributed by atoms with E-state index < -0.39 is 27.9 Å². The number of nitrogens with one attached hydrogen (secondary N) is 3. The van der Waals surface area contributed by atoms with Crippen LogP contribution in [0.1, 0.15) is 34.1 Å². The number of aromatic nitrogens is 1. The number of methoxy groups -OCH3 is 1. The number of benzene rings is 1. The molecule has 2 aromatic rings. The fourth-order valence-electron chi connectivity index (χ4n) is 2.68. The van der Waals surface area contributed by atoms with Crippen molar-refractivity contribution in [2.75, 3.05) is 40.0 Å². The van der Waals surface area contributed by atoms with Crippen LogP contribution < -0.4 is 20.1 Å². The molecule has 14 heteroatoms. The monoisotopic (exact) mass is 542 g/mol. The average molecular weight is 543 g/mol. The minimum Gasteiger partial charge on any atom is -0.391 e. The molecule has 1 aromatic heterocycles. The fourth-order valence-corrected chi connectivity index (χ4v) is 4.20. The molecule has 12 nitrogen and oxygen atoms in total. The molecule has 0 unspecified atom stereocenters. The van der Waals surface area contributed by atoms with Gasteiger partial charge in [-0.15, -0.1) is 0 Å². The Kier molecular flexibility index (Phi) is 11.5. The van der Waals surface area contributed by atoms with Gasteiger partial charge >= 0.3 is 6.09 Å². The summed E-state index contributed by atoms with van der Waals surface area (Å²) in [5.41, 5.74) is 0.0534. The molecule has 0 saturated heterocycles. The van der Waals surface area contributed by atoms with Gasteiger partial charge in [-0.1, -0.05) is 11.6 Å². The number of hydrogen-bond acceptors (Lipinski definition) is 9. The standard InChI is InChI=1S/C22H27ClN4O8S/c1-3-34-11-4-9-24-20(28)15-5-7-18(17(23)13-15)36(31,32)27-21(29)16-6-8-19(26-14-16)35-22(30)25-10-12-33-2/h5-8,13-14H,3-4,9-12H2,1-2H3,(H,24,28)(H,25,30)(H,27,29). The van der Waals surface area contributed by atoms with Crippen molar-refractivity contribution < 1.29 is 37.0 Å². The molecule has 2 rings (SSSR count). The first-order valence-electron chi connectivity index (χ1n) is 10.8. The zero-order valence-corrected chi connectivity index (χ0v) is 21.3. The predicted octanol–water partition coefficient (Wildman–Crippen LogP) is 1.74. The van der Waals surface area contributed by atoms with Crippen molar-refractivity contribution in [3.63, 3.8) is 0 Å². The van der Waals surface area contributed by atoms with E-state index >= 15 is 0 Å². The number of sulfonamides is 1. The van der Waals surface area contributed by atoms with E-state index in [0.29, 0.717) is 32.8 Å². The molecule has 0 fully saturated rings. The second-order valence-corrected chi connectivity index (χ2v) is 9.14. The molecule has 196 valence electrons. The van der Waals surface area contributed by atoms with Gasteiger partial charge in [0.1, 0.15) is 4.90 Å². The van der Waals surface area contributed by atoms with Crippen LogP contribution in [0.3, 0.4) is 0 Å². The van der Waals surface area contributed by atoms with Crippen molar-refractivity contribution in [3.05, 3.63) is 52.7 Å². The van der Waals surface area contributed by atoms with Crippen LogP contribution in [0.4, 0.5) is 4.79 Å². The lowest BCUT2D eigenvalue weighted by molar-refractivity contribution is 0.0941. The van der Waals surface area contributed by atoms with Gasteiger partial charge < -0.3 is 24.8 Å². The number of carbonyl (C=O) groups is 3. The lowest BCUT2D eigenvalue weighted by atomic mass is 10.2. The molecule has 1 heterocycles. The Hall–Kier alpha value is -3.26. The number of amides is 3. The van der Waals surface area contributed by atoms with Crippen LogP contribution >= 0.6 is 11.6 Å². The topological polar surface area (TPSA) is 162 Å². The summed E-state index contributed by atoms with van der Waals surface area (Å²) >= 11 is 6.10. The molecule has 0 aliphatic rings. The third-order valence-corrected chi connectivity index (χ3v) is 6.25. The normalized spacial score (nSPS) is 11.0. The van der Waals surface area contributed by atoms with Crippen molar-refractivity contribution in [2.24, 2.45) is 0 Å². The van der Waals surface area contributed by atoms with E-state index in [2.05, 4.69) is 15.6 Å². The molecule has 0 aliphatic heterocycles. The van der Waals surface area contributed by atoms with Crippen LogP contribution in [-0.4, -0.2) is 71.3 Å². The maximum absolute atomic E-state index is 12.7. The Balaban J connectivity index is 1.98. The quantitative estimate of drug-likeness (QED) is 0.320. The van der Waals surface area contributed by atoms with Crippen LogP contribution in [0.15, 0.2) is 41.4 Å². The summed E-state index contributed by atoms with van der Waals surface area (Å²) < 4.78 is 42.2.